The first kappa shape index (κ1) is 15.0. The normalized spacial score (nSPS) is 12.3. The molecule has 0 atom stereocenters. The van der Waals surface area contributed by atoms with Crippen LogP contribution in [0.15, 0.2) is 18.2 Å². The number of nitrogens with zero attached hydrogens (tertiary/aromatic N) is 1. The van der Waals surface area contributed by atoms with E-state index in [0.29, 0.717) is 17.2 Å². The molecule has 7 nitrogen and oxygen atoms in total. The van der Waals surface area contributed by atoms with Crippen molar-refractivity contribution >= 4 is 17.7 Å². The largest absolute Gasteiger partial charge is 0.481 e. The summed E-state index contributed by atoms with van der Waals surface area (Å²) in [7, 11) is 0. The minimum Gasteiger partial charge on any atom is -0.481 e. The Hall–Kier alpha value is -2.44. The minimum absolute atomic E-state index is 0.0905. The minimum atomic E-state index is -0.934. The second-order valence-electron chi connectivity index (χ2n) is 4.93. The van der Waals surface area contributed by atoms with Crippen LogP contribution in [0.1, 0.15) is 20.3 Å². The molecular weight excluding hydrogens is 276 g/mol. The molecule has 114 valence electrons. The van der Waals surface area contributed by atoms with Gasteiger partial charge in [0.2, 0.25) is 6.79 Å². The third-order valence-corrected chi connectivity index (χ3v) is 3.07. The average Bonchev–Trinajstić information content (AvgIpc) is 2.85. The third-order valence-electron chi connectivity index (χ3n) is 3.07. The van der Waals surface area contributed by atoms with Gasteiger partial charge in [0.25, 0.3) is 0 Å². The number of hydrogen-bond acceptors (Lipinski definition) is 4. The number of nitrogens with one attached hydrogen (secondary N) is 1. The fraction of sp³-hybridized carbons (Fsp3) is 0.429. The molecular formula is C14H18N2O5. The molecule has 7 heteroatoms. The molecule has 0 spiro atoms. The van der Waals surface area contributed by atoms with Crippen LogP contribution >= 0.6 is 0 Å². The number of anilines is 1. The van der Waals surface area contributed by atoms with Gasteiger partial charge < -0.3 is 24.8 Å². The Morgan fingerprint density at radius 3 is 2.71 bits per heavy atom. The lowest BCUT2D eigenvalue weighted by molar-refractivity contribution is -0.137. The summed E-state index contributed by atoms with van der Waals surface area (Å²) in [4.78, 5) is 24.3. The van der Waals surface area contributed by atoms with E-state index in [1.54, 1.807) is 18.2 Å². The molecule has 21 heavy (non-hydrogen) atoms. The van der Waals surface area contributed by atoms with Gasteiger partial charge in [0, 0.05) is 24.3 Å². The molecule has 2 amide bonds. The molecule has 0 saturated heterocycles. The van der Waals surface area contributed by atoms with Crippen LogP contribution in [0.3, 0.4) is 0 Å². The van der Waals surface area contributed by atoms with E-state index in [9.17, 15) is 9.59 Å². The second kappa shape index (κ2) is 6.34. The SMILES string of the molecule is CC(C)N(CCC(=O)O)C(=O)Nc1ccc2c(c1)OCO2. The van der Waals surface area contributed by atoms with Crippen LogP contribution in [0.2, 0.25) is 0 Å². The fourth-order valence-electron chi connectivity index (χ4n) is 1.98. The smallest absolute Gasteiger partial charge is 0.322 e. The van der Waals surface area contributed by atoms with Crippen molar-refractivity contribution in [1.82, 2.24) is 4.90 Å². The van der Waals surface area contributed by atoms with E-state index >= 15 is 0 Å². The number of amides is 2. The van der Waals surface area contributed by atoms with Gasteiger partial charge >= 0.3 is 12.0 Å². The van der Waals surface area contributed by atoms with Gasteiger partial charge in [0.1, 0.15) is 0 Å². The van der Waals surface area contributed by atoms with Gasteiger partial charge in [-0.25, -0.2) is 4.79 Å². The van der Waals surface area contributed by atoms with Crippen molar-refractivity contribution in [3.63, 3.8) is 0 Å². The number of carbonyl (C=O) groups excluding carboxylic acids is 1. The summed E-state index contributed by atoms with van der Waals surface area (Å²) in [5, 5.41) is 11.5. The number of hydrogen-bond donors (Lipinski definition) is 2. The Morgan fingerprint density at radius 2 is 2.05 bits per heavy atom. The van der Waals surface area contributed by atoms with Crippen molar-refractivity contribution < 1.29 is 24.2 Å². The molecule has 0 unspecified atom stereocenters. The summed E-state index contributed by atoms with van der Waals surface area (Å²) in [5.74, 6) is 0.283. The highest BCUT2D eigenvalue weighted by molar-refractivity contribution is 5.90. The van der Waals surface area contributed by atoms with Crippen molar-refractivity contribution in [1.29, 1.82) is 0 Å². The molecule has 0 radical (unpaired) electrons. The first-order valence-electron chi connectivity index (χ1n) is 6.66. The highest BCUT2D eigenvalue weighted by Gasteiger charge is 2.19. The van der Waals surface area contributed by atoms with Crippen molar-refractivity contribution in [2.24, 2.45) is 0 Å². The van der Waals surface area contributed by atoms with E-state index in [1.807, 2.05) is 13.8 Å². The number of benzene rings is 1. The number of carboxylic acids is 1. The fourth-order valence-corrected chi connectivity index (χ4v) is 1.98. The zero-order valence-electron chi connectivity index (χ0n) is 12.0. The maximum absolute atomic E-state index is 12.2. The third kappa shape index (κ3) is 3.77. The predicted molar refractivity (Wildman–Crippen MR) is 75.7 cm³/mol. The lowest BCUT2D eigenvalue weighted by atomic mass is 10.2. The van der Waals surface area contributed by atoms with Crippen molar-refractivity contribution in [3.05, 3.63) is 18.2 Å². The molecule has 1 aliphatic rings. The highest BCUT2D eigenvalue weighted by atomic mass is 16.7. The number of carbonyl (C=O) groups is 2. The van der Waals surface area contributed by atoms with Crippen molar-refractivity contribution in [2.75, 3.05) is 18.7 Å². The van der Waals surface area contributed by atoms with Gasteiger partial charge in [-0.05, 0) is 26.0 Å². The Bertz CT molecular complexity index is 544. The Kier molecular flexibility index (Phi) is 4.52. The average molecular weight is 294 g/mol. The van der Waals surface area contributed by atoms with Crippen LogP contribution in [-0.4, -0.2) is 41.4 Å². The summed E-state index contributed by atoms with van der Waals surface area (Å²) in [6.07, 6.45) is -0.0905. The lowest BCUT2D eigenvalue weighted by Gasteiger charge is -2.26. The first-order valence-corrected chi connectivity index (χ1v) is 6.66. The van der Waals surface area contributed by atoms with E-state index in [2.05, 4.69) is 5.32 Å². The number of urea groups is 1. The van der Waals surface area contributed by atoms with E-state index in [-0.39, 0.29) is 31.8 Å². The standard InChI is InChI=1S/C14H18N2O5/c1-9(2)16(6-5-13(17)18)14(19)15-10-3-4-11-12(7-10)21-8-20-11/h3-4,7,9H,5-6,8H2,1-2H3,(H,15,19)(H,17,18). The van der Waals surface area contributed by atoms with E-state index in [0.717, 1.165) is 0 Å². The number of carboxylic acid groups (broad SMARTS) is 1. The number of ether oxygens (including phenoxy) is 2. The monoisotopic (exact) mass is 294 g/mol. The molecule has 0 saturated carbocycles. The molecule has 1 aliphatic heterocycles. The summed E-state index contributed by atoms with van der Waals surface area (Å²) < 4.78 is 10.4. The van der Waals surface area contributed by atoms with Crippen molar-refractivity contribution in [2.45, 2.75) is 26.3 Å². The van der Waals surface area contributed by atoms with Gasteiger partial charge in [-0.2, -0.15) is 0 Å². The van der Waals surface area contributed by atoms with Gasteiger partial charge in [-0.15, -0.1) is 0 Å². The maximum atomic E-state index is 12.2. The van der Waals surface area contributed by atoms with Crippen LogP contribution in [0.25, 0.3) is 0 Å². The van der Waals surface area contributed by atoms with Gasteiger partial charge in [-0.3, -0.25) is 4.79 Å². The van der Waals surface area contributed by atoms with Crippen LogP contribution in [0, 0.1) is 0 Å². The van der Waals surface area contributed by atoms with Gasteiger partial charge in [0.05, 0.1) is 6.42 Å². The molecule has 0 aromatic heterocycles. The first-order chi connectivity index (χ1) is 9.97. The molecule has 1 aromatic rings. The van der Waals surface area contributed by atoms with Gasteiger partial charge in [-0.1, -0.05) is 0 Å². The van der Waals surface area contributed by atoms with Crippen molar-refractivity contribution in [3.8, 4) is 11.5 Å². The molecule has 0 bridgehead atoms. The zero-order chi connectivity index (χ0) is 15.4. The molecule has 1 heterocycles. The lowest BCUT2D eigenvalue weighted by Crippen LogP contribution is -2.41. The van der Waals surface area contributed by atoms with Crippen LogP contribution in [0.4, 0.5) is 10.5 Å². The van der Waals surface area contributed by atoms with E-state index < -0.39 is 5.97 Å². The van der Waals surface area contributed by atoms with E-state index in [1.165, 1.54) is 4.90 Å². The van der Waals surface area contributed by atoms with Gasteiger partial charge in [0.15, 0.2) is 11.5 Å². The summed E-state index contributed by atoms with van der Waals surface area (Å²) in [5.41, 5.74) is 0.574. The number of aliphatic carboxylic acids is 1. The number of rotatable bonds is 5. The molecule has 1 aromatic carbocycles. The molecule has 0 aliphatic carbocycles. The Morgan fingerprint density at radius 1 is 1.33 bits per heavy atom. The summed E-state index contributed by atoms with van der Waals surface area (Å²) >= 11 is 0. The van der Waals surface area contributed by atoms with Crippen LogP contribution in [-0.2, 0) is 4.79 Å². The Labute approximate surface area is 122 Å². The topological polar surface area (TPSA) is 88.1 Å². The second-order valence-corrected chi connectivity index (χ2v) is 4.93. The predicted octanol–water partition coefficient (Wildman–Crippen LogP) is 2.13. The Balaban J connectivity index is 2.02. The quantitative estimate of drug-likeness (QED) is 0.868. The summed E-state index contributed by atoms with van der Waals surface area (Å²) in [6.45, 7) is 4.00. The zero-order valence-corrected chi connectivity index (χ0v) is 12.0. The molecule has 2 N–H and O–H groups in total. The molecule has 0 fully saturated rings. The summed E-state index contributed by atoms with van der Waals surface area (Å²) in [6, 6.07) is 4.66. The highest BCUT2D eigenvalue weighted by Crippen LogP contribution is 2.34. The number of fused-ring (bicyclic) bond motifs is 1. The van der Waals surface area contributed by atoms with E-state index in [4.69, 9.17) is 14.6 Å². The van der Waals surface area contributed by atoms with Crippen LogP contribution < -0.4 is 14.8 Å². The van der Waals surface area contributed by atoms with Crippen LogP contribution in [0.5, 0.6) is 11.5 Å². The molecule has 2 rings (SSSR count). The maximum Gasteiger partial charge on any atom is 0.322 e.